The fourth-order valence-corrected chi connectivity index (χ4v) is 5.25. The van der Waals surface area contributed by atoms with Crippen LogP contribution in [0.5, 0.6) is 0 Å². The number of hydrogen-bond acceptors (Lipinski definition) is 3. The van der Waals surface area contributed by atoms with Gasteiger partial charge in [-0.2, -0.15) is 0 Å². The minimum absolute atomic E-state index is 0.369. The zero-order chi connectivity index (χ0) is 16.6. The van der Waals surface area contributed by atoms with E-state index in [0.29, 0.717) is 5.41 Å². The molecule has 3 aliphatic heterocycles. The number of nitrogens with one attached hydrogen (secondary N) is 2. The highest BCUT2D eigenvalue weighted by Crippen LogP contribution is 2.47. The van der Waals surface area contributed by atoms with Gasteiger partial charge in [-0.15, -0.1) is 0 Å². The Morgan fingerprint density at radius 1 is 1.25 bits per heavy atom. The van der Waals surface area contributed by atoms with E-state index in [1.54, 1.807) is 5.56 Å². The first-order valence-corrected chi connectivity index (χ1v) is 9.95. The topological polar surface area (TPSA) is 27.3 Å². The molecule has 0 aromatic heterocycles. The molecule has 1 aromatic carbocycles. The molecule has 2 atom stereocenters. The van der Waals surface area contributed by atoms with Gasteiger partial charge in [0.05, 0.1) is 0 Å². The third-order valence-electron chi connectivity index (χ3n) is 6.97. The summed E-state index contributed by atoms with van der Waals surface area (Å²) in [7, 11) is 0. The Morgan fingerprint density at radius 2 is 2.08 bits per heavy atom. The third-order valence-corrected chi connectivity index (χ3v) is 6.97. The minimum atomic E-state index is 0.369. The van der Waals surface area contributed by atoms with Crippen molar-refractivity contribution >= 4 is 5.69 Å². The SMILES string of the molecule is Cc1ccc2c(c1)NCC21CCN(CCC2CCNCC2)CC1C. The molecule has 3 heterocycles. The zero-order valence-electron chi connectivity index (χ0n) is 15.4. The van der Waals surface area contributed by atoms with Crippen molar-refractivity contribution in [2.45, 2.75) is 44.9 Å². The Morgan fingerprint density at radius 3 is 2.88 bits per heavy atom. The number of hydrogen-bond donors (Lipinski definition) is 2. The van der Waals surface area contributed by atoms with Crippen LogP contribution in [-0.2, 0) is 5.41 Å². The standard InChI is InChI=1S/C21H33N3/c1-16-3-4-19-20(13-16)23-15-21(19)8-12-24(14-17(21)2)11-7-18-5-9-22-10-6-18/h3-4,13,17-18,22-23H,5-12,14-15H2,1-2H3. The van der Waals surface area contributed by atoms with Crippen LogP contribution in [0.25, 0.3) is 0 Å². The van der Waals surface area contributed by atoms with Crippen LogP contribution in [-0.4, -0.2) is 44.2 Å². The van der Waals surface area contributed by atoms with Crippen molar-refractivity contribution in [1.29, 1.82) is 0 Å². The predicted molar refractivity (Wildman–Crippen MR) is 102 cm³/mol. The van der Waals surface area contributed by atoms with Crippen LogP contribution in [0, 0.1) is 18.8 Å². The lowest BCUT2D eigenvalue weighted by Crippen LogP contribution is -2.50. The summed E-state index contributed by atoms with van der Waals surface area (Å²) >= 11 is 0. The quantitative estimate of drug-likeness (QED) is 0.891. The molecule has 4 rings (SSSR count). The van der Waals surface area contributed by atoms with Gasteiger partial charge in [0.2, 0.25) is 0 Å². The lowest BCUT2D eigenvalue weighted by molar-refractivity contribution is 0.104. The number of aryl methyl sites for hydroxylation is 1. The van der Waals surface area contributed by atoms with Gasteiger partial charge < -0.3 is 15.5 Å². The molecule has 3 nitrogen and oxygen atoms in total. The molecule has 0 saturated carbocycles. The summed E-state index contributed by atoms with van der Waals surface area (Å²) < 4.78 is 0. The van der Waals surface area contributed by atoms with E-state index in [1.165, 1.54) is 69.7 Å². The molecular formula is C21H33N3. The van der Waals surface area contributed by atoms with E-state index in [1.807, 2.05) is 0 Å². The molecule has 2 unspecified atom stereocenters. The Bertz CT molecular complexity index is 578. The van der Waals surface area contributed by atoms with Gasteiger partial charge in [0.25, 0.3) is 0 Å². The van der Waals surface area contributed by atoms with Gasteiger partial charge in [-0.3, -0.25) is 0 Å². The second kappa shape index (κ2) is 6.68. The van der Waals surface area contributed by atoms with Gasteiger partial charge in [-0.1, -0.05) is 19.1 Å². The van der Waals surface area contributed by atoms with E-state index in [9.17, 15) is 0 Å². The van der Waals surface area contributed by atoms with Crippen LogP contribution in [0.2, 0.25) is 0 Å². The van der Waals surface area contributed by atoms with Crippen molar-refractivity contribution in [2.75, 3.05) is 44.6 Å². The summed E-state index contributed by atoms with van der Waals surface area (Å²) in [6, 6.07) is 7.02. The van der Waals surface area contributed by atoms with Crippen LogP contribution in [0.4, 0.5) is 5.69 Å². The summed E-state index contributed by atoms with van der Waals surface area (Å²) in [6.07, 6.45) is 5.47. The maximum Gasteiger partial charge on any atom is 0.0382 e. The van der Waals surface area contributed by atoms with E-state index in [4.69, 9.17) is 0 Å². The highest BCUT2D eigenvalue weighted by molar-refractivity contribution is 5.62. The van der Waals surface area contributed by atoms with E-state index in [-0.39, 0.29) is 0 Å². The number of nitrogens with zero attached hydrogens (tertiary/aromatic N) is 1. The number of likely N-dealkylation sites (tertiary alicyclic amines) is 1. The largest absolute Gasteiger partial charge is 0.384 e. The second-order valence-electron chi connectivity index (χ2n) is 8.49. The number of benzene rings is 1. The summed E-state index contributed by atoms with van der Waals surface area (Å²) in [5.74, 6) is 1.69. The molecule has 2 saturated heterocycles. The number of rotatable bonds is 3. The third kappa shape index (κ3) is 2.97. The Labute approximate surface area is 147 Å². The number of piperidine rings is 2. The summed E-state index contributed by atoms with van der Waals surface area (Å²) in [5.41, 5.74) is 4.71. The number of anilines is 1. The highest BCUT2D eigenvalue weighted by atomic mass is 15.1. The van der Waals surface area contributed by atoms with Crippen molar-refractivity contribution in [1.82, 2.24) is 10.2 Å². The van der Waals surface area contributed by atoms with E-state index in [0.717, 1.165) is 18.4 Å². The first kappa shape index (κ1) is 16.4. The van der Waals surface area contributed by atoms with Crippen LogP contribution < -0.4 is 10.6 Å². The Hall–Kier alpha value is -1.06. The van der Waals surface area contributed by atoms with Gasteiger partial charge in [-0.05, 0) is 87.8 Å². The summed E-state index contributed by atoms with van der Waals surface area (Å²) in [4.78, 5) is 2.74. The first-order valence-electron chi connectivity index (χ1n) is 9.95. The number of fused-ring (bicyclic) bond motifs is 2. The van der Waals surface area contributed by atoms with Crippen molar-refractivity contribution < 1.29 is 0 Å². The molecule has 0 bridgehead atoms. The fraction of sp³-hybridized carbons (Fsp3) is 0.714. The molecule has 0 radical (unpaired) electrons. The maximum absolute atomic E-state index is 3.70. The van der Waals surface area contributed by atoms with E-state index in [2.05, 4.69) is 47.6 Å². The maximum atomic E-state index is 3.70. The normalized spacial score (nSPS) is 31.2. The predicted octanol–water partition coefficient (Wildman–Crippen LogP) is 3.39. The smallest absolute Gasteiger partial charge is 0.0382 e. The average molecular weight is 328 g/mol. The van der Waals surface area contributed by atoms with Gasteiger partial charge in [0.1, 0.15) is 0 Å². The fourth-order valence-electron chi connectivity index (χ4n) is 5.25. The van der Waals surface area contributed by atoms with Crippen LogP contribution in [0.1, 0.15) is 43.7 Å². The van der Waals surface area contributed by atoms with Crippen molar-refractivity contribution in [3.05, 3.63) is 29.3 Å². The van der Waals surface area contributed by atoms with Gasteiger partial charge in [0.15, 0.2) is 0 Å². The second-order valence-corrected chi connectivity index (χ2v) is 8.49. The van der Waals surface area contributed by atoms with Gasteiger partial charge >= 0.3 is 0 Å². The molecular weight excluding hydrogens is 294 g/mol. The molecule has 3 aliphatic rings. The minimum Gasteiger partial charge on any atom is -0.384 e. The van der Waals surface area contributed by atoms with Crippen LogP contribution >= 0.6 is 0 Å². The molecule has 132 valence electrons. The zero-order valence-corrected chi connectivity index (χ0v) is 15.4. The Kier molecular flexibility index (Phi) is 4.57. The van der Waals surface area contributed by atoms with E-state index >= 15 is 0 Å². The molecule has 3 heteroatoms. The molecule has 1 aromatic rings. The summed E-state index contributed by atoms with van der Waals surface area (Å²) in [5, 5.41) is 7.19. The van der Waals surface area contributed by atoms with Crippen LogP contribution in [0.15, 0.2) is 18.2 Å². The van der Waals surface area contributed by atoms with Crippen molar-refractivity contribution in [3.63, 3.8) is 0 Å². The average Bonchev–Trinajstić information content (AvgIpc) is 2.96. The Balaban J connectivity index is 1.39. The highest BCUT2D eigenvalue weighted by Gasteiger charge is 2.46. The summed E-state index contributed by atoms with van der Waals surface area (Å²) in [6.45, 7) is 12.1. The molecule has 0 aliphatic carbocycles. The molecule has 2 N–H and O–H groups in total. The lowest BCUT2D eigenvalue weighted by atomic mass is 9.67. The first-order chi connectivity index (χ1) is 11.7. The molecule has 0 amide bonds. The van der Waals surface area contributed by atoms with Crippen LogP contribution in [0.3, 0.4) is 0 Å². The molecule has 2 fully saturated rings. The van der Waals surface area contributed by atoms with Crippen molar-refractivity contribution in [3.8, 4) is 0 Å². The van der Waals surface area contributed by atoms with Gasteiger partial charge in [0, 0.05) is 24.2 Å². The van der Waals surface area contributed by atoms with Gasteiger partial charge in [-0.25, -0.2) is 0 Å². The van der Waals surface area contributed by atoms with Crippen molar-refractivity contribution in [2.24, 2.45) is 11.8 Å². The molecule has 24 heavy (non-hydrogen) atoms. The lowest BCUT2D eigenvalue weighted by Gasteiger charge is -2.45. The van der Waals surface area contributed by atoms with E-state index < -0.39 is 0 Å². The monoisotopic (exact) mass is 327 g/mol. The molecule has 1 spiro atoms.